The highest BCUT2D eigenvalue weighted by Gasteiger charge is 2.14. The number of hydrogen-bond acceptors (Lipinski definition) is 3. The molecule has 0 aliphatic heterocycles. The van der Waals surface area contributed by atoms with Crippen molar-refractivity contribution in [1.82, 2.24) is 5.32 Å². The van der Waals surface area contributed by atoms with E-state index in [4.69, 9.17) is 0 Å². The fourth-order valence-corrected chi connectivity index (χ4v) is 3.87. The van der Waals surface area contributed by atoms with E-state index in [1.807, 2.05) is 11.3 Å². The van der Waals surface area contributed by atoms with E-state index in [0.717, 1.165) is 6.54 Å². The minimum absolute atomic E-state index is 0.309. The van der Waals surface area contributed by atoms with E-state index < -0.39 is 6.10 Å². The lowest BCUT2D eigenvalue weighted by Gasteiger charge is -2.11. The van der Waals surface area contributed by atoms with Gasteiger partial charge in [0.2, 0.25) is 0 Å². The molecule has 0 bridgehead atoms. The highest BCUT2D eigenvalue weighted by Crippen LogP contribution is 2.30. The first-order valence-corrected chi connectivity index (χ1v) is 7.79. The fraction of sp³-hybridized carbons (Fsp3) is 0.375. The van der Waals surface area contributed by atoms with Crippen molar-refractivity contribution >= 4 is 11.3 Å². The first-order chi connectivity index (χ1) is 9.72. The Morgan fingerprint density at radius 3 is 3.00 bits per heavy atom. The van der Waals surface area contributed by atoms with E-state index in [2.05, 4.69) is 11.4 Å². The van der Waals surface area contributed by atoms with E-state index in [0.29, 0.717) is 12.1 Å². The second kappa shape index (κ2) is 6.04. The van der Waals surface area contributed by atoms with E-state index in [-0.39, 0.29) is 5.82 Å². The Hall–Kier alpha value is -1.23. The van der Waals surface area contributed by atoms with Crippen LogP contribution in [0.5, 0.6) is 0 Å². The van der Waals surface area contributed by atoms with Gasteiger partial charge in [-0.15, -0.1) is 11.3 Å². The Kier molecular flexibility index (Phi) is 4.15. The number of aliphatic hydroxyl groups is 1. The molecule has 2 N–H and O–H groups in total. The number of hydrogen-bond donors (Lipinski definition) is 2. The zero-order valence-electron chi connectivity index (χ0n) is 11.2. The predicted molar refractivity (Wildman–Crippen MR) is 79.4 cm³/mol. The van der Waals surface area contributed by atoms with Gasteiger partial charge in [-0.25, -0.2) is 4.39 Å². The summed E-state index contributed by atoms with van der Waals surface area (Å²) in [5, 5.41) is 13.3. The summed E-state index contributed by atoms with van der Waals surface area (Å²) in [7, 11) is 0. The summed E-state index contributed by atoms with van der Waals surface area (Å²) < 4.78 is 13.1. The number of halogens is 1. The summed E-state index contributed by atoms with van der Waals surface area (Å²) in [5.74, 6) is -0.309. The van der Waals surface area contributed by atoms with Crippen LogP contribution in [0.1, 0.15) is 33.4 Å². The summed E-state index contributed by atoms with van der Waals surface area (Å²) in [5.41, 5.74) is 2.11. The molecule has 0 amide bonds. The van der Waals surface area contributed by atoms with E-state index in [9.17, 15) is 9.50 Å². The van der Waals surface area contributed by atoms with Crippen LogP contribution in [0.2, 0.25) is 0 Å². The monoisotopic (exact) mass is 291 g/mol. The van der Waals surface area contributed by atoms with Gasteiger partial charge in [-0.2, -0.15) is 0 Å². The maximum atomic E-state index is 13.1. The summed E-state index contributed by atoms with van der Waals surface area (Å²) in [6, 6.07) is 8.41. The third-order valence-corrected chi connectivity index (χ3v) is 4.91. The summed E-state index contributed by atoms with van der Waals surface area (Å²) in [4.78, 5) is 2.84. The third kappa shape index (κ3) is 3.08. The first kappa shape index (κ1) is 13.7. The zero-order valence-corrected chi connectivity index (χ0v) is 12.0. The molecule has 106 valence electrons. The SMILES string of the molecule is OC(CNCc1cc2c(s1)CCC2)c1cccc(F)c1. The highest BCUT2D eigenvalue weighted by molar-refractivity contribution is 7.12. The molecule has 1 atom stereocenters. The standard InChI is InChI=1S/C16H18FNOS/c17-13-5-1-3-11(7-13)15(19)10-18-9-14-8-12-4-2-6-16(12)20-14/h1,3,5,7-8,15,18-19H,2,4,6,9-10H2. The van der Waals surface area contributed by atoms with E-state index in [1.165, 1.54) is 46.7 Å². The largest absolute Gasteiger partial charge is 0.387 e. The van der Waals surface area contributed by atoms with Gasteiger partial charge in [0.1, 0.15) is 5.82 Å². The van der Waals surface area contributed by atoms with Crippen LogP contribution in [0.25, 0.3) is 0 Å². The third-order valence-electron chi connectivity index (χ3n) is 3.67. The van der Waals surface area contributed by atoms with Crippen LogP contribution < -0.4 is 5.32 Å². The van der Waals surface area contributed by atoms with E-state index in [1.54, 1.807) is 12.1 Å². The Morgan fingerprint density at radius 2 is 2.20 bits per heavy atom. The lowest BCUT2D eigenvalue weighted by atomic mass is 10.1. The topological polar surface area (TPSA) is 32.3 Å². The number of rotatable bonds is 5. The van der Waals surface area contributed by atoms with Crippen molar-refractivity contribution in [2.45, 2.75) is 31.9 Å². The summed E-state index contributed by atoms with van der Waals surface area (Å²) in [6.45, 7) is 1.20. The normalized spacial score (nSPS) is 15.3. The van der Waals surface area contributed by atoms with Gasteiger partial charge in [-0.05, 0) is 48.6 Å². The molecule has 1 aliphatic rings. The van der Waals surface area contributed by atoms with Crippen molar-refractivity contribution in [3.8, 4) is 0 Å². The minimum atomic E-state index is -0.669. The Morgan fingerprint density at radius 1 is 1.30 bits per heavy atom. The molecule has 2 aromatic rings. The van der Waals surface area contributed by atoms with Crippen molar-refractivity contribution in [1.29, 1.82) is 0 Å². The van der Waals surface area contributed by atoms with Crippen LogP contribution in [0.15, 0.2) is 30.3 Å². The maximum Gasteiger partial charge on any atom is 0.123 e. The number of nitrogens with one attached hydrogen (secondary N) is 1. The molecule has 1 aromatic heterocycles. The van der Waals surface area contributed by atoms with Gasteiger partial charge in [0.05, 0.1) is 6.10 Å². The first-order valence-electron chi connectivity index (χ1n) is 6.97. The van der Waals surface area contributed by atoms with Gasteiger partial charge in [-0.1, -0.05) is 12.1 Å². The molecular weight excluding hydrogens is 273 g/mol. The van der Waals surface area contributed by atoms with Crippen LogP contribution >= 0.6 is 11.3 Å². The molecule has 0 saturated heterocycles. The Labute approximate surface area is 122 Å². The van der Waals surface area contributed by atoms with Crippen molar-refractivity contribution in [3.63, 3.8) is 0 Å². The van der Waals surface area contributed by atoms with Gasteiger partial charge in [-0.3, -0.25) is 0 Å². The lowest BCUT2D eigenvalue weighted by Crippen LogP contribution is -2.20. The fourth-order valence-electron chi connectivity index (χ4n) is 2.64. The molecule has 0 saturated carbocycles. The molecule has 0 radical (unpaired) electrons. The maximum absolute atomic E-state index is 13.1. The zero-order chi connectivity index (χ0) is 13.9. The highest BCUT2D eigenvalue weighted by atomic mass is 32.1. The van der Waals surface area contributed by atoms with Crippen molar-refractivity contribution in [2.75, 3.05) is 6.54 Å². The average molecular weight is 291 g/mol. The molecule has 0 spiro atoms. The predicted octanol–water partition coefficient (Wildman–Crippen LogP) is 3.20. The van der Waals surface area contributed by atoms with Gasteiger partial charge >= 0.3 is 0 Å². The Balaban J connectivity index is 1.51. The van der Waals surface area contributed by atoms with Crippen LogP contribution in [0.4, 0.5) is 4.39 Å². The smallest absolute Gasteiger partial charge is 0.123 e. The Bertz CT molecular complexity index is 574. The second-order valence-corrected chi connectivity index (χ2v) is 6.44. The minimum Gasteiger partial charge on any atom is -0.387 e. The van der Waals surface area contributed by atoms with Crippen molar-refractivity contribution in [3.05, 3.63) is 57.0 Å². The molecule has 0 fully saturated rings. The van der Waals surface area contributed by atoms with Crippen LogP contribution in [0.3, 0.4) is 0 Å². The molecule has 1 heterocycles. The van der Waals surface area contributed by atoms with Crippen molar-refractivity contribution < 1.29 is 9.50 Å². The quantitative estimate of drug-likeness (QED) is 0.886. The van der Waals surface area contributed by atoms with Gasteiger partial charge < -0.3 is 10.4 Å². The average Bonchev–Trinajstić information content (AvgIpc) is 2.99. The molecule has 3 rings (SSSR count). The van der Waals surface area contributed by atoms with Crippen LogP contribution in [-0.4, -0.2) is 11.7 Å². The van der Waals surface area contributed by atoms with Gasteiger partial charge in [0.25, 0.3) is 0 Å². The molecule has 1 unspecified atom stereocenters. The van der Waals surface area contributed by atoms with Crippen LogP contribution in [0, 0.1) is 5.82 Å². The number of aryl methyl sites for hydroxylation is 2. The molecule has 20 heavy (non-hydrogen) atoms. The van der Waals surface area contributed by atoms with E-state index >= 15 is 0 Å². The number of benzene rings is 1. The lowest BCUT2D eigenvalue weighted by molar-refractivity contribution is 0.174. The molecule has 1 aliphatic carbocycles. The van der Waals surface area contributed by atoms with Gasteiger partial charge in [0.15, 0.2) is 0 Å². The summed E-state index contributed by atoms with van der Waals surface area (Å²) >= 11 is 1.87. The molecule has 4 heteroatoms. The summed E-state index contributed by atoms with van der Waals surface area (Å²) in [6.07, 6.45) is 3.04. The molecule has 1 aromatic carbocycles. The number of thiophene rings is 1. The second-order valence-electron chi connectivity index (χ2n) is 5.22. The van der Waals surface area contributed by atoms with Gasteiger partial charge in [0, 0.05) is 22.8 Å². The molecular formula is C16H18FNOS. The van der Waals surface area contributed by atoms with Crippen molar-refractivity contribution in [2.24, 2.45) is 0 Å². The molecule has 2 nitrogen and oxygen atoms in total. The number of fused-ring (bicyclic) bond motifs is 1. The number of aliphatic hydroxyl groups excluding tert-OH is 1. The van der Waals surface area contributed by atoms with Crippen LogP contribution in [-0.2, 0) is 19.4 Å².